The van der Waals surface area contributed by atoms with Gasteiger partial charge in [-0.25, -0.2) is 0 Å². The summed E-state index contributed by atoms with van der Waals surface area (Å²) in [5.41, 5.74) is 8.66. The number of benzene rings is 2. The Balaban J connectivity index is 0.000000206. The van der Waals surface area contributed by atoms with Crippen molar-refractivity contribution in [2.45, 2.75) is 120 Å². The van der Waals surface area contributed by atoms with E-state index in [1.807, 2.05) is 20.8 Å². The van der Waals surface area contributed by atoms with Gasteiger partial charge in [0, 0.05) is 35.5 Å². The Morgan fingerprint density at radius 1 is 0.769 bits per heavy atom. The Morgan fingerprint density at radius 3 is 1.65 bits per heavy atom. The molecule has 3 fully saturated rings. The summed E-state index contributed by atoms with van der Waals surface area (Å²) in [7, 11) is 0. The molecule has 4 aliphatic rings. The van der Waals surface area contributed by atoms with Crippen molar-refractivity contribution in [1.82, 2.24) is 0 Å². The standard InChI is InChI=1S/C25H32O4.C20H23NO2/c1-7-16-9-14(3)10-17(8-2)20(16)21-22(27)18-11-15(13-26)12-19(18)23(21)29-24(28)25(4,5)6;1-4-13-6-11(3)7-14(5-2)17(13)18-19(22)15-8-12(10-21)9-16(15)20(18)23/h9-10,13,15,18-19H,7-8,11-12H2,1-6H3;6-7,12,15-16,18H,4-5,8-9H2,1-3H3. The van der Waals surface area contributed by atoms with Crippen molar-refractivity contribution in [3.63, 3.8) is 0 Å². The predicted molar refractivity (Wildman–Crippen MR) is 201 cm³/mol. The second kappa shape index (κ2) is 15.4. The lowest BCUT2D eigenvalue weighted by atomic mass is 9.82. The highest BCUT2D eigenvalue weighted by Crippen LogP contribution is 2.52. The van der Waals surface area contributed by atoms with Crippen molar-refractivity contribution in [3.05, 3.63) is 74.5 Å². The van der Waals surface area contributed by atoms with Crippen molar-refractivity contribution in [3.8, 4) is 6.07 Å². The fourth-order valence-corrected chi connectivity index (χ4v) is 9.24. The Bertz CT molecular complexity index is 1790. The first-order chi connectivity index (χ1) is 24.6. The zero-order chi connectivity index (χ0) is 38.2. The van der Waals surface area contributed by atoms with Crippen molar-refractivity contribution < 1.29 is 28.7 Å². The van der Waals surface area contributed by atoms with Crippen molar-refractivity contribution in [2.24, 2.45) is 40.9 Å². The number of fused-ring (bicyclic) bond motifs is 2. The van der Waals surface area contributed by atoms with Crippen LogP contribution in [0.3, 0.4) is 0 Å². The summed E-state index contributed by atoms with van der Waals surface area (Å²) in [6, 6.07) is 10.7. The summed E-state index contributed by atoms with van der Waals surface area (Å²) in [5.74, 6) is -1.46. The zero-order valence-corrected chi connectivity index (χ0v) is 32.5. The van der Waals surface area contributed by atoms with Crippen LogP contribution in [0.15, 0.2) is 30.0 Å². The van der Waals surface area contributed by atoms with E-state index < -0.39 is 11.3 Å². The van der Waals surface area contributed by atoms with Gasteiger partial charge in [-0.1, -0.05) is 63.1 Å². The molecular formula is C45H55NO6. The molecule has 2 aromatic rings. The number of carbonyl (C=O) groups is 5. The molecule has 7 heteroatoms. The molecular weight excluding hydrogens is 650 g/mol. The number of Topliss-reactive ketones (excluding diaryl/α,β-unsaturated/α-hetero) is 3. The molecule has 0 radical (unpaired) electrons. The minimum atomic E-state index is -0.670. The monoisotopic (exact) mass is 705 g/mol. The van der Waals surface area contributed by atoms with Crippen LogP contribution in [0.2, 0.25) is 0 Å². The highest BCUT2D eigenvalue weighted by molar-refractivity contribution is 6.26. The van der Waals surface area contributed by atoms with E-state index in [-0.39, 0.29) is 58.8 Å². The normalized spacial score (nSPS) is 26.5. The summed E-state index contributed by atoms with van der Waals surface area (Å²) in [4.78, 5) is 63.6. The number of hydrogen-bond donors (Lipinski definition) is 0. The lowest BCUT2D eigenvalue weighted by Gasteiger charge is -2.22. The third kappa shape index (κ3) is 7.10. The third-order valence-corrected chi connectivity index (χ3v) is 11.8. The predicted octanol–water partition coefficient (Wildman–Crippen LogP) is 8.37. The van der Waals surface area contributed by atoms with Gasteiger partial charge in [0.2, 0.25) is 0 Å². The lowest BCUT2D eigenvalue weighted by molar-refractivity contribution is -0.149. The lowest BCUT2D eigenvalue weighted by Crippen LogP contribution is -2.24. The first-order valence-corrected chi connectivity index (χ1v) is 19.3. The van der Waals surface area contributed by atoms with Crippen molar-refractivity contribution in [1.29, 1.82) is 5.26 Å². The minimum absolute atomic E-state index is 0.0318. The average molecular weight is 706 g/mol. The molecule has 0 N–H and O–H groups in total. The van der Waals surface area contributed by atoms with E-state index in [1.54, 1.807) is 0 Å². The number of nitriles is 1. The number of nitrogens with zero attached hydrogens (tertiary/aromatic N) is 1. The van der Waals surface area contributed by atoms with E-state index in [0.717, 1.165) is 65.4 Å². The largest absolute Gasteiger partial charge is 0.430 e. The van der Waals surface area contributed by atoms with E-state index in [0.29, 0.717) is 37.0 Å². The van der Waals surface area contributed by atoms with E-state index in [4.69, 9.17) is 10.00 Å². The fourth-order valence-electron chi connectivity index (χ4n) is 9.24. The topological polar surface area (TPSA) is 118 Å². The number of aryl methyl sites for hydroxylation is 6. The van der Waals surface area contributed by atoms with Crippen LogP contribution in [-0.2, 0) is 54.4 Å². The maximum atomic E-state index is 13.5. The quantitative estimate of drug-likeness (QED) is 0.154. The maximum absolute atomic E-state index is 13.5. The second-order valence-corrected chi connectivity index (χ2v) is 16.4. The van der Waals surface area contributed by atoms with Crippen LogP contribution in [0.25, 0.3) is 5.57 Å². The Hall–Kier alpha value is -4.18. The molecule has 2 aromatic carbocycles. The molecule has 7 nitrogen and oxygen atoms in total. The van der Waals surface area contributed by atoms with Gasteiger partial charge in [0.15, 0.2) is 17.3 Å². The molecule has 0 spiro atoms. The molecule has 4 aliphatic carbocycles. The van der Waals surface area contributed by atoms with Gasteiger partial charge in [0.05, 0.1) is 17.1 Å². The third-order valence-electron chi connectivity index (χ3n) is 11.8. The van der Waals surface area contributed by atoms with Crippen LogP contribution in [0, 0.1) is 66.1 Å². The molecule has 5 unspecified atom stereocenters. The van der Waals surface area contributed by atoms with Crippen LogP contribution in [0.1, 0.15) is 125 Å². The second-order valence-electron chi connectivity index (χ2n) is 16.4. The fraction of sp³-hybridized carbons (Fsp3) is 0.556. The first kappa shape index (κ1) is 39.0. The van der Waals surface area contributed by atoms with Crippen molar-refractivity contribution >= 4 is 35.2 Å². The number of rotatable bonds is 8. The van der Waals surface area contributed by atoms with E-state index >= 15 is 0 Å². The zero-order valence-electron chi connectivity index (χ0n) is 32.5. The molecule has 0 aromatic heterocycles. The van der Waals surface area contributed by atoms with Gasteiger partial charge in [-0.05, 0) is 119 Å². The molecule has 6 rings (SSSR count). The van der Waals surface area contributed by atoms with Gasteiger partial charge in [-0.3, -0.25) is 19.2 Å². The molecule has 3 saturated carbocycles. The average Bonchev–Trinajstić information content (AvgIpc) is 3.86. The summed E-state index contributed by atoms with van der Waals surface area (Å²) in [6.45, 7) is 17.9. The summed E-state index contributed by atoms with van der Waals surface area (Å²) in [5, 5.41) is 9.10. The molecule has 0 saturated heterocycles. The van der Waals surface area contributed by atoms with Crippen LogP contribution in [0.4, 0.5) is 0 Å². The van der Waals surface area contributed by atoms with Gasteiger partial charge in [-0.2, -0.15) is 5.26 Å². The highest BCUT2D eigenvalue weighted by atomic mass is 16.5. The molecule has 5 atom stereocenters. The molecule has 0 bridgehead atoms. The smallest absolute Gasteiger partial charge is 0.316 e. The van der Waals surface area contributed by atoms with Gasteiger partial charge >= 0.3 is 5.97 Å². The van der Waals surface area contributed by atoms with Gasteiger partial charge in [0.1, 0.15) is 18.0 Å². The van der Waals surface area contributed by atoms with E-state index in [1.165, 1.54) is 11.1 Å². The van der Waals surface area contributed by atoms with Crippen LogP contribution in [-0.4, -0.2) is 29.6 Å². The molecule has 0 aliphatic heterocycles. The summed E-state index contributed by atoms with van der Waals surface area (Å²) >= 11 is 0. The summed E-state index contributed by atoms with van der Waals surface area (Å²) < 4.78 is 5.95. The number of aldehydes is 1. The van der Waals surface area contributed by atoms with Gasteiger partial charge < -0.3 is 9.53 Å². The minimum Gasteiger partial charge on any atom is -0.430 e. The molecule has 0 amide bonds. The van der Waals surface area contributed by atoms with Crippen LogP contribution >= 0.6 is 0 Å². The number of hydrogen-bond acceptors (Lipinski definition) is 7. The number of ether oxygens (including phenoxy) is 1. The number of allylic oxidation sites excluding steroid dienone is 2. The Labute approximate surface area is 309 Å². The van der Waals surface area contributed by atoms with Crippen molar-refractivity contribution in [2.75, 3.05) is 0 Å². The van der Waals surface area contributed by atoms with E-state index in [2.05, 4.69) is 71.9 Å². The Kier molecular flexibility index (Phi) is 11.6. The Morgan fingerprint density at radius 2 is 1.23 bits per heavy atom. The number of esters is 1. The van der Waals surface area contributed by atoms with Gasteiger partial charge in [-0.15, -0.1) is 0 Å². The SMILES string of the molecule is CCc1cc(C)cc(CC)c1C1=C(OC(=O)C(C)(C)C)C2CC(C=O)CC2C1=O.CCc1cc(C)cc(CC)c1C1C(=O)C2CC(C#N)CC2C1=O. The summed E-state index contributed by atoms with van der Waals surface area (Å²) in [6.07, 6.45) is 6.45. The highest BCUT2D eigenvalue weighted by Gasteiger charge is 2.55. The van der Waals surface area contributed by atoms with E-state index in [9.17, 15) is 24.0 Å². The van der Waals surface area contributed by atoms with Crippen LogP contribution in [0.5, 0.6) is 0 Å². The molecule has 0 heterocycles. The first-order valence-electron chi connectivity index (χ1n) is 19.3. The number of carbonyl (C=O) groups excluding carboxylic acids is 5. The molecule has 52 heavy (non-hydrogen) atoms. The molecule has 276 valence electrons. The maximum Gasteiger partial charge on any atom is 0.316 e. The number of ketones is 3. The van der Waals surface area contributed by atoms with Gasteiger partial charge in [0.25, 0.3) is 0 Å². The van der Waals surface area contributed by atoms with Crippen LogP contribution < -0.4 is 0 Å².